The van der Waals surface area contributed by atoms with Crippen LogP contribution in [0, 0.1) is 0 Å². The number of hydrogen-bond donors (Lipinski definition) is 2. The van der Waals surface area contributed by atoms with E-state index in [0.29, 0.717) is 12.2 Å². The Morgan fingerprint density at radius 2 is 2.05 bits per heavy atom. The van der Waals surface area contributed by atoms with Crippen molar-refractivity contribution in [1.82, 2.24) is 9.88 Å². The fraction of sp³-hybridized carbons (Fsp3) is 0.375. The van der Waals surface area contributed by atoms with Gasteiger partial charge in [-0.25, -0.2) is 0 Å². The lowest BCUT2D eigenvalue weighted by Crippen LogP contribution is -2.38. The molecule has 0 fully saturated rings. The topological polar surface area (TPSA) is 63.1 Å². The van der Waals surface area contributed by atoms with E-state index in [2.05, 4.69) is 10.6 Å². The summed E-state index contributed by atoms with van der Waals surface area (Å²) in [7, 11) is 1.74. The fourth-order valence-electron chi connectivity index (χ4n) is 2.23. The fourth-order valence-corrected chi connectivity index (χ4v) is 2.23. The first-order valence-electron chi connectivity index (χ1n) is 7.17. The Morgan fingerprint density at radius 1 is 1.33 bits per heavy atom. The lowest BCUT2D eigenvalue weighted by Gasteiger charge is -2.17. The molecule has 1 amide bonds. The molecular weight excluding hydrogens is 266 g/mol. The van der Waals surface area contributed by atoms with Crippen LogP contribution in [0.2, 0.25) is 0 Å². The van der Waals surface area contributed by atoms with Gasteiger partial charge in [-0.05, 0) is 19.4 Å². The third kappa shape index (κ3) is 3.24. The zero-order chi connectivity index (χ0) is 15.4. The van der Waals surface area contributed by atoms with Crippen molar-refractivity contribution >= 4 is 22.5 Å². The van der Waals surface area contributed by atoms with Gasteiger partial charge in [-0.3, -0.25) is 9.59 Å². The summed E-state index contributed by atoms with van der Waals surface area (Å²) in [6, 6.07) is 8.78. The van der Waals surface area contributed by atoms with Gasteiger partial charge in [0.05, 0.1) is 5.52 Å². The van der Waals surface area contributed by atoms with E-state index in [1.807, 2.05) is 31.2 Å². The number of pyridine rings is 1. The molecule has 2 aromatic rings. The number of fused-ring (bicyclic) bond motifs is 1. The molecule has 0 saturated carbocycles. The molecule has 2 rings (SSSR count). The van der Waals surface area contributed by atoms with Crippen molar-refractivity contribution in [1.29, 1.82) is 0 Å². The lowest BCUT2D eigenvalue weighted by atomic mass is 10.1. The normalized spacial score (nSPS) is 12.1. The van der Waals surface area contributed by atoms with Crippen LogP contribution >= 0.6 is 0 Å². The summed E-state index contributed by atoms with van der Waals surface area (Å²) in [6.07, 6.45) is 0.896. The summed E-state index contributed by atoms with van der Waals surface area (Å²) in [4.78, 5) is 23.9. The van der Waals surface area contributed by atoms with Crippen molar-refractivity contribution in [3.8, 4) is 0 Å². The number of nitrogens with zero attached hydrogens (tertiary/aromatic N) is 1. The predicted octanol–water partition coefficient (Wildman–Crippen LogP) is 1.87. The van der Waals surface area contributed by atoms with E-state index in [1.165, 1.54) is 6.07 Å². The summed E-state index contributed by atoms with van der Waals surface area (Å²) in [5.41, 5.74) is 1.43. The van der Waals surface area contributed by atoms with E-state index in [-0.39, 0.29) is 11.5 Å². The van der Waals surface area contributed by atoms with Crippen LogP contribution in [0.5, 0.6) is 0 Å². The summed E-state index contributed by atoms with van der Waals surface area (Å²) >= 11 is 0. The molecule has 0 bridgehead atoms. The number of aryl methyl sites for hydroxylation is 1. The minimum absolute atomic E-state index is 0.0680. The van der Waals surface area contributed by atoms with E-state index in [9.17, 15) is 9.59 Å². The van der Waals surface area contributed by atoms with Crippen molar-refractivity contribution < 1.29 is 4.79 Å². The van der Waals surface area contributed by atoms with Gasteiger partial charge >= 0.3 is 0 Å². The van der Waals surface area contributed by atoms with Crippen molar-refractivity contribution in [2.24, 2.45) is 7.05 Å². The monoisotopic (exact) mass is 287 g/mol. The van der Waals surface area contributed by atoms with Gasteiger partial charge in [0.25, 0.3) is 5.56 Å². The standard InChI is InChI=1S/C16H21N3O2/c1-4-9-17-16(21)11(2)18-13-10-15(20)19(3)14-8-6-5-7-12(13)14/h5-8,10-11,18H,4,9H2,1-3H3,(H,17,21). The van der Waals surface area contributed by atoms with Crippen molar-refractivity contribution in [2.45, 2.75) is 26.3 Å². The summed E-state index contributed by atoms with van der Waals surface area (Å²) in [6.45, 7) is 4.45. The summed E-state index contributed by atoms with van der Waals surface area (Å²) in [5.74, 6) is -0.0680. The van der Waals surface area contributed by atoms with Gasteiger partial charge < -0.3 is 15.2 Å². The molecule has 0 aliphatic heterocycles. The second-order valence-electron chi connectivity index (χ2n) is 5.13. The second-order valence-corrected chi connectivity index (χ2v) is 5.13. The van der Waals surface area contributed by atoms with Crippen LogP contribution in [-0.4, -0.2) is 23.1 Å². The minimum Gasteiger partial charge on any atom is -0.373 e. The molecule has 0 radical (unpaired) electrons. The van der Waals surface area contributed by atoms with Gasteiger partial charge in [-0.1, -0.05) is 25.1 Å². The highest BCUT2D eigenvalue weighted by molar-refractivity contribution is 5.94. The Labute approximate surface area is 124 Å². The summed E-state index contributed by atoms with van der Waals surface area (Å²) < 4.78 is 1.60. The van der Waals surface area contributed by atoms with Gasteiger partial charge in [-0.2, -0.15) is 0 Å². The highest BCUT2D eigenvalue weighted by Crippen LogP contribution is 2.21. The molecule has 0 aliphatic rings. The predicted molar refractivity (Wildman–Crippen MR) is 85.6 cm³/mol. The maximum atomic E-state index is 12.0. The van der Waals surface area contributed by atoms with Gasteiger partial charge in [0.15, 0.2) is 0 Å². The number of aromatic nitrogens is 1. The van der Waals surface area contributed by atoms with Gasteiger partial charge in [0.1, 0.15) is 6.04 Å². The highest BCUT2D eigenvalue weighted by Gasteiger charge is 2.14. The number of para-hydroxylation sites is 1. The molecule has 1 unspecified atom stereocenters. The third-order valence-electron chi connectivity index (χ3n) is 3.47. The van der Waals surface area contributed by atoms with Crippen LogP contribution in [0.1, 0.15) is 20.3 Å². The van der Waals surface area contributed by atoms with Crippen LogP contribution < -0.4 is 16.2 Å². The van der Waals surface area contributed by atoms with E-state index in [1.54, 1.807) is 18.5 Å². The van der Waals surface area contributed by atoms with Crippen molar-refractivity contribution in [3.05, 3.63) is 40.7 Å². The highest BCUT2D eigenvalue weighted by atomic mass is 16.2. The first-order valence-corrected chi connectivity index (χ1v) is 7.17. The minimum atomic E-state index is -0.396. The Morgan fingerprint density at radius 3 is 2.76 bits per heavy atom. The van der Waals surface area contributed by atoms with Gasteiger partial charge in [-0.15, -0.1) is 0 Å². The molecule has 1 aromatic carbocycles. The molecule has 1 heterocycles. The van der Waals surface area contributed by atoms with Crippen LogP contribution in [0.4, 0.5) is 5.69 Å². The Hall–Kier alpha value is -2.30. The Kier molecular flexibility index (Phi) is 4.62. The number of carbonyl (C=O) groups excluding carboxylic acids is 1. The number of carbonyl (C=O) groups is 1. The smallest absolute Gasteiger partial charge is 0.252 e. The van der Waals surface area contributed by atoms with Crippen LogP contribution in [0.3, 0.4) is 0 Å². The van der Waals surface area contributed by atoms with Crippen LogP contribution in [0.15, 0.2) is 35.1 Å². The molecule has 2 N–H and O–H groups in total. The molecule has 1 aromatic heterocycles. The van der Waals surface area contributed by atoms with Crippen LogP contribution in [0.25, 0.3) is 10.9 Å². The Balaban J connectivity index is 2.32. The second kappa shape index (κ2) is 6.43. The maximum absolute atomic E-state index is 12.0. The molecule has 112 valence electrons. The lowest BCUT2D eigenvalue weighted by molar-refractivity contribution is -0.121. The van der Waals surface area contributed by atoms with E-state index >= 15 is 0 Å². The molecule has 5 nitrogen and oxygen atoms in total. The zero-order valence-electron chi connectivity index (χ0n) is 12.6. The van der Waals surface area contributed by atoms with Crippen molar-refractivity contribution in [2.75, 3.05) is 11.9 Å². The largest absolute Gasteiger partial charge is 0.373 e. The van der Waals surface area contributed by atoms with Gasteiger partial charge in [0, 0.05) is 30.7 Å². The van der Waals surface area contributed by atoms with Crippen LogP contribution in [-0.2, 0) is 11.8 Å². The third-order valence-corrected chi connectivity index (χ3v) is 3.47. The molecule has 0 saturated heterocycles. The first-order chi connectivity index (χ1) is 10.0. The Bertz CT molecular complexity index is 706. The number of benzene rings is 1. The number of amides is 1. The van der Waals surface area contributed by atoms with Gasteiger partial charge in [0.2, 0.25) is 5.91 Å². The molecule has 5 heteroatoms. The first kappa shape index (κ1) is 15.1. The number of anilines is 1. The SMILES string of the molecule is CCCNC(=O)C(C)Nc1cc(=O)n(C)c2ccccc12. The zero-order valence-corrected chi connectivity index (χ0v) is 12.6. The molecule has 1 atom stereocenters. The molecule has 0 aliphatic carbocycles. The molecule has 0 spiro atoms. The number of rotatable bonds is 5. The maximum Gasteiger partial charge on any atom is 0.252 e. The molecular formula is C16H21N3O2. The molecule has 21 heavy (non-hydrogen) atoms. The number of nitrogens with one attached hydrogen (secondary N) is 2. The average Bonchev–Trinajstić information content (AvgIpc) is 2.49. The van der Waals surface area contributed by atoms with E-state index < -0.39 is 6.04 Å². The average molecular weight is 287 g/mol. The summed E-state index contributed by atoms with van der Waals surface area (Å²) in [5, 5.41) is 6.90. The number of hydrogen-bond acceptors (Lipinski definition) is 3. The van der Waals surface area contributed by atoms with E-state index in [0.717, 1.165) is 17.3 Å². The quantitative estimate of drug-likeness (QED) is 0.882. The van der Waals surface area contributed by atoms with E-state index in [4.69, 9.17) is 0 Å². The van der Waals surface area contributed by atoms with Crippen molar-refractivity contribution in [3.63, 3.8) is 0 Å².